The first kappa shape index (κ1) is 18.7. The van der Waals surface area contributed by atoms with Crippen molar-refractivity contribution in [1.82, 2.24) is 0 Å². The van der Waals surface area contributed by atoms with Crippen LogP contribution in [-0.2, 0) is 28.6 Å². The van der Waals surface area contributed by atoms with E-state index in [9.17, 15) is 14.4 Å². The number of carbonyl (C=O) groups is 3. The second-order valence-corrected chi connectivity index (χ2v) is 7.83. The lowest BCUT2D eigenvalue weighted by atomic mass is 9.77. The molecule has 2 fully saturated rings. The van der Waals surface area contributed by atoms with Gasteiger partial charge in [0.2, 0.25) is 0 Å². The maximum Gasteiger partial charge on any atom is 0.330 e. The molecule has 0 spiro atoms. The van der Waals surface area contributed by atoms with E-state index in [0.29, 0.717) is 18.8 Å². The van der Waals surface area contributed by atoms with Crippen molar-refractivity contribution in [2.24, 2.45) is 28.6 Å². The molecule has 0 N–H and O–H groups in total. The molecule has 2 saturated carbocycles. The molecule has 0 aliphatic heterocycles. The third kappa shape index (κ3) is 2.75. The summed E-state index contributed by atoms with van der Waals surface area (Å²) in [6.07, 6.45) is 8.37. The molecule has 0 bridgehead atoms. The lowest BCUT2D eigenvalue weighted by Gasteiger charge is -2.28. The summed E-state index contributed by atoms with van der Waals surface area (Å²) in [5.41, 5.74) is -0.140. The summed E-state index contributed by atoms with van der Waals surface area (Å²) in [5.74, 6) is -0.613. The highest BCUT2D eigenvalue weighted by molar-refractivity contribution is 6.01. The second kappa shape index (κ2) is 6.56. The Hall–Kier alpha value is -2.11. The van der Waals surface area contributed by atoms with Crippen molar-refractivity contribution in [1.29, 1.82) is 0 Å². The quantitative estimate of drug-likeness (QED) is 0.246. The van der Waals surface area contributed by atoms with Crippen LogP contribution in [0.3, 0.4) is 0 Å². The average molecular weight is 362 g/mol. The van der Waals surface area contributed by atoms with Gasteiger partial charge in [-0.15, -0.1) is 0 Å². The Morgan fingerprint density at radius 1 is 1.08 bits per heavy atom. The fraction of sp³-hybridized carbons (Fsp3) is 0.650. The number of hydrogen-bond acceptors (Lipinski definition) is 6. The van der Waals surface area contributed by atoms with Crippen molar-refractivity contribution in [3.05, 3.63) is 23.8 Å². The molecular weight excluding hydrogens is 336 g/mol. The number of esters is 3. The Bertz CT molecular complexity index is 674. The van der Waals surface area contributed by atoms with Crippen molar-refractivity contribution < 1.29 is 28.6 Å². The predicted octanol–water partition coefficient (Wildman–Crippen LogP) is 2.43. The van der Waals surface area contributed by atoms with Gasteiger partial charge in [0.15, 0.2) is 5.41 Å². The van der Waals surface area contributed by atoms with Crippen LogP contribution in [0.25, 0.3) is 0 Å². The van der Waals surface area contributed by atoms with Gasteiger partial charge >= 0.3 is 17.9 Å². The highest BCUT2D eigenvalue weighted by Crippen LogP contribution is 2.75. The van der Waals surface area contributed by atoms with Gasteiger partial charge in [-0.25, -0.2) is 4.79 Å². The first-order valence-electron chi connectivity index (χ1n) is 8.98. The Labute approximate surface area is 153 Å². The maximum atomic E-state index is 12.4. The molecule has 3 aliphatic carbocycles. The Morgan fingerprint density at radius 3 is 2.31 bits per heavy atom. The van der Waals surface area contributed by atoms with E-state index in [1.807, 2.05) is 6.08 Å². The van der Waals surface area contributed by atoms with E-state index in [2.05, 4.69) is 13.0 Å². The molecule has 0 radical (unpaired) electrons. The fourth-order valence-corrected chi connectivity index (χ4v) is 5.14. The number of fused-ring (bicyclic) bond motifs is 1. The molecule has 0 aromatic carbocycles. The topological polar surface area (TPSA) is 78.9 Å². The minimum absolute atomic E-state index is 0.125. The molecule has 26 heavy (non-hydrogen) atoms. The molecular formula is C20H26O6. The smallest absolute Gasteiger partial charge is 0.330 e. The molecule has 0 aromatic heterocycles. The molecule has 0 heterocycles. The van der Waals surface area contributed by atoms with Gasteiger partial charge in [0, 0.05) is 6.08 Å². The van der Waals surface area contributed by atoms with Gasteiger partial charge in [0.1, 0.15) is 0 Å². The Morgan fingerprint density at radius 2 is 1.73 bits per heavy atom. The maximum absolute atomic E-state index is 12.4. The van der Waals surface area contributed by atoms with Gasteiger partial charge in [-0.3, -0.25) is 9.59 Å². The predicted molar refractivity (Wildman–Crippen MR) is 92.7 cm³/mol. The van der Waals surface area contributed by atoms with Crippen molar-refractivity contribution in [2.45, 2.75) is 32.6 Å². The number of carbonyl (C=O) groups excluding carboxylic acids is 3. The highest BCUT2D eigenvalue weighted by Gasteiger charge is 2.72. The number of ether oxygens (including phenoxy) is 3. The van der Waals surface area contributed by atoms with E-state index < -0.39 is 17.4 Å². The van der Waals surface area contributed by atoms with E-state index in [-0.39, 0.29) is 23.2 Å². The monoisotopic (exact) mass is 362 g/mol. The average Bonchev–Trinajstić information content (AvgIpc) is 3.01. The molecule has 142 valence electrons. The van der Waals surface area contributed by atoms with Crippen LogP contribution in [0, 0.1) is 28.6 Å². The van der Waals surface area contributed by atoms with Crippen molar-refractivity contribution in [2.75, 3.05) is 21.3 Å². The fourth-order valence-electron chi connectivity index (χ4n) is 5.14. The second-order valence-electron chi connectivity index (χ2n) is 7.83. The van der Waals surface area contributed by atoms with Crippen molar-refractivity contribution in [3.63, 3.8) is 0 Å². The Balaban J connectivity index is 1.88. The minimum Gasteiger partial charge on any atom is -0.468 e. The van der Waals surface area contributed by atoms with Crippen LogP contribution >= 0.6 is 0 Å². The molecule has 0 unspecified atom stereocenters. The van der Waals surface area contributed by atoms with Gasteiger partial charge in [-0.05, 0) is 48.9 Å². The van der Waals surface area contributed by atoms with Crippen LogP contribution in [0.5, 0.6) is 0 Å². The van der Waals surface area contributed by atoms with Gasteiger partial charge in [-0.2, -0.15) is 0 Å². The third-order valence-electron chi connectivity index (χ3n) is 6.33. The highest BCUT2D eigenvalue weighted by atomic mass is 16.5. The standard InChI is InChI=1S/C20H26O6/c1-12-7-13(5-6-16(21)24-2)15(8-12)19-9-14(19)10-20(11-19,17(22)25-3)18(23)26-4/h5-6,8,12-14H,7,9-11H2,1-4H3/b6-5+/t12-,13-,14+,19+/m0/s1. The molecule has 3 aliphatic rings. The lowest BCUT2D eigenvalue weighted by molar-refractivity contribution is -0.169. The number of hydrogen-bond donors (Lipinski definition) is 0. The zero-order valence-electron chi connectivity index (χ0n) is 15.7. The molecule has 4 atom stereocenters. The normalized spacial score (nSPS) is 34.2. The third-order valence-corrected chi connectivity index (χ3v) is 6.33. The van der Waals surface area contributed by atoms with Crippen LogP contribution < -0.4 is 0 Å². The van der Waals surface area contributed by atoms with Crippen molar-refractivity contribution in [3.8, 4) is 0 Å². The van der Waals surface area contributed by atoms with Crippen molar-refractivity contribution >= 4 is 17.9 Å². The summed E-state index contributed by atoms with van der Waals surface area (Å²) in [6, 6.07) is 0. The largest absolute Gasteiger partial charge is 0.468 e. The first-order chi connectivity index (χ1) is 12.3. The first-order valence-corrected chi connectivity index (χ1v) is 8.98. The van der Waals surface area contributed by atoms with Crippen LogP contribution in [0.1, 0.15) is 32.6 Å². The molecule has 3 rings (SSSR count). The van der Waals surface area contributed by atoms with Crippen LogP contribution in [-0.4, -0.2) is 39.2 Å². The van der Waals surface area contributed by atoms with E-state index in [1.54, 1.807) is 0 Å². The van der Waals surface area contributed by atoms with Crippen LogP contribution in [0.15, 0.2) is 23.8 Å². The molecule has 0 amide bonds. The summed E-state index contributed by atoms with van der Waals surface area (Å²) >= 11 is 0. The number of allylic oxidation sites excluding steroid dienone is 3. The summed E-state index contributed by atoms with van der Waals surface area (Å²) < 4.78 is 14.6. The van der Waals surface area contributed by atoms with E-state index >= 15 is 0 Å². The molecule has 6 heteroatoms. The summed E-state index contributed by atoms with van der Waals surface area (Å²) in [6.45, 7) is 2.14. The molecule has 0 saturated heterocycles. The summed E-state index contributed by atoms with van der Waals surface area (Å²) in [5, 5.41) is 0. The van der Waals surface area contributed by atoms with Gasteiger partial charge in [0.05, 0.1) is 21.3 Å². The van der Waals surface area contributed by atoms with E-state index in [4.69, 9.17) is 14.2 Å². The van der Waals surface area contributed by atoms with Gasteiger partial charge in [-0.1, -0.05) is 24.6 Å². The SMILES string of the molecule is COC(=O)/C=C/[C@H]1C[C@H](C)C=C1[C@@]12C[C@@H]1CC(C(=O)OC)(C(=O)OC)C2. The molecule has 6 nitrogen and oxygen atoms in total. The molecule has 0 aromatic rings. The summed E-state index contributed by atoms with van der Waals surface area (Å²) in [4.78, 5) is 36.4. The van der Waals surface area contributed by atoms with Crippen LogP contribution in [0.4, 0.5) is 0 Å². The summed E-state index contributed by atoms with van der Waals surface area (Å²) in [7, 11) is 3.97. The zero-order valence-corrected chi connectivity index (χ0v) is 15.7. The van der Waals surface area contributed by atoms with Gasteiger partial charge in [0.25, 0.3) is 0 Å². The van der Waals surface area contributed by atoms with E-state index in [1.165, 1.54) is 33.0 Å². The zero-order chi connectivity index (χ0) is 19.1. The Kier molecular flexibility index (Phi) is 4.71. The minimum atomic E-state index is -1.21. The number of rotatable bonds is 5. The number of methoxy groups -OCH3 is 3. The van der Waals surface area contributed by atoms with Crippen LogP contribution in [0.2, 0.25) is 0 Å². The lowest BCUT2D eigenvalue weighted by Crippen LogP contribution is -2.41. The van der Waals surface area contributed by atoms with E-state index in [0.717, 1.165) is 12.8 Å². The van der Waals surface area contributed by atoms with Gasteiger partial charge < -0.3 is 14.2 Å².